The van der Waals surface area contributed by atoms with Gasteiger partial charge < -0.3 is 10.3 Å². The predicted molar refractivity (Wildman–Crippen MR) is 76.3 cm³/mol. The van der Waals surface area contributed by atoms with E-state index in [4.69, 9.17) is 5.73 Å². The van der Waals surface area contributed by atoms with Gasteiger partial charge in [0, 0.05) is 18.5 Å². The lowest BCUT2D eigenvalue weighted by Crippen LogP contribution is -2.06. The fourth-order valence-corrected chi connectivity index (χ4v) is 2.23. The number of nitrogen functional groups attached to an aromatic ring is 1. The van der Waals surface area contributed by atoms with E-state index in [0.29, 0.717) is 17.9 Å². The average molecular weight is 279 g/mol. The fraction of sp³-hybridized carbons (Fsp3) is 0.400. The van der Waals surface area contributed by atoms with E-state index in [1.54, 1.807) is 0 Å². The average Bonchev–Trinajstić information content (AvgIpc) is 2.75. The lowest BCUT2D eigenvalue weighted by molar-refractivity contribution is 0.602. The molecule has 0 aliphatic carbocycles. The summed E-state index contributed by atoms with van der Waals surface area (Å²) in [6.45, 7) is 4.80. The van der Waals surface area contributed by atoms with Gasteiger partial charge in [-0.2, -0.15) is 0 Å². The first-order valence-corrected chi connectivity index (χ1v) is 6.88. The van der Waals surface area contributed by atoms with E-state index in [-0.39, 0.29) is 5.56 Å². The molecule has 1 aromatic carbocycles. The summed E-state index contributed by atoms with van der Waals surface area (Å²) < 4.78 is 29.1. The third kappa shape index (κ3) is 2.66. The summed E-state index contributed by atoms with van der Waals surface area (Å²) in [6.07, 6.45) is 2.70. The maximum atomic E-state index is 13.9. The van der Waals surface area contributed by atoms with Crippen LogP contribution in [-0.2, 0) is 13.0 Å². The van der Waals surface area contributed by atoms with Crippen LogP contribution in [0.15, 0.2) is 18.2 Å². The van der Waals surface area contributed by atoms with Gasteiger partial charge in [0.05, 0.1) is 0 Å². The Bertz CT molecular complexity index is 605. The molecule has 20 heavy (non-hydrogen) atoms. The van der Waals surface area contributed by atoms with Gasteiger partial charge in [0.25, 0.3) is 0 Å². The third-order valence-corrected chi connectivity index (χ3v) is 3.32. The Hall–Kier alpha value is -1.91. The molecule has 0 radical (unpaired) electrons. The summed E-state index contributed by atoms with van der Waals surface area (Å²) >= 11 is 0. The van der Waals surface area contributed by atoms with Crippen molar-refractivity contribution in [2.75, 3.05) is 5.73 Å². The van der Waals surface area contributed by atoms with Crippen molar-refractivity contribution in [3.8, 4) is 11.3 Å². The van der Waals surface area contributed by atoms with Crippen LogP contribution in [0.3, 0.4) is 0 Å². The minimum atomic E-state index is -0.513. The Morgan fingerprint density at radius 3 is 2.65 bits per heavy atom. The molecule has 108 valence electrons. The van der Waals surface area contributed by atoms with Gasteiger partial charge in [-0.05, 0) is 24.6 Å². The largest absolute Gasteiger partial charge is 0.383 e. The Morgan fingerprint density at radius 2 is 2.00 bits per heavy atom. The van der Waals surface area contributed by atoms with Crippen molar-refractivity contribution in [3.05, 3.63) is 35.7 Å². The Kier molecular flexibility index (Phi) is 4.37. The molecular weight excluding hydrogens is 260 g/mol. The summed E-state index contributed by atoms with van der Waals surface area (Å²) in [7, 11) is 0. The fourth-order valence-electron chi connectivity index (χ4n) is 2.23. The van der Waals surface area contributed by atoms with Gasteiger partial charge in [-0.1, -0.05) is 20.3 Å². The standard InChI is InChI=1S/C15H19F2N3/c1-3-5-8-20-13(4-2)19-14(15(20)18)11-9-10(16)6-7-12(11)17/h6-7,9H,3-5,8,18H2,1-2H3. The van der Waals surface area contributed by atoms with Crippen LogP contribution in [0.25, 0.3) is 11.3 Å². The van der Waals surface area contributed by atoms with Crippen molar-refractivity contribution in [3.63, 3.8) is 0 Å². The van der Waals surface area contributed by atoms with E-state index >= 15 is 0 Å². The molecule has 0 saturated carbocycles. The number of hydrogen-bond acceptors (Lipinski definition) is 2. The highest BCUT2D eigenvalue weighted by molar-refractivity contribution is 5.71. The van der Waals surface area contributed by atoms with E-state index in [1.165, 1.54) is 0 Å². The minimum absolute atomic E-state index is 0.118. The van der Waals surface area contributed by atoms with Crippen LogP contribution in [0.1, 0.15) is 32.5 Å². The van der Waals surface area contributed by atoms with Crippen molar-refractivity contribution in [2.45, 2.75) is 39.7 Å². The van der Waals surface area contributed by atoms with E-state index in [1.807, 2.05) is 11.5 Å². The molecule has 2 N–H and O–H groups in total. The highest BCUT2D eigenvalue weighted by Crippen LogP contribution is 2.29. The maximum absolute atomic E-state index is 13.9. The first-order chi connectivity index (χ1) is 9.58. The second-order valence-electron chi connectivity index (χ2n) is 4.74. The van der Waals surface area contributed by atoms with Crippen molar-refractivity contribution in [2.24, 2.45) is 0 Å². The molecule has 0 unspecified atom stereocenters. The third-order valence-electron chi connectivity index (χ3n) is 3.32. The summed E-state index contributed by atoms with van der Waals surface area (Å²) in [5, 5.41) is 0. The molecule has 0 spiro atoms. The molecule has 0 bridgehead atoms. The lowest BCUT2D eigenvalue weighted by Gasteiger charge is -2.08. The molecule has 0 aliphatic heterocycles. The summed E-state index contributed by atoms with van der Waals surface area (Å²) in [6, 6.07) is 3.32. The SMILES string of the molecule is CCCCn1c(CC)nc(-c2cc(F)ccc2F)c1N. The number of benzene rings is 1. The molecule has 2 rings (SSSR count). The van der Waals surface area contributed by atoms with Gasteiger partial charge >= 0.3 is 0 Å². The molecule has 0 aliphatic rings. The van der Waals surface area contributed by atoms with Gasteiger partial charge in [0.15, 0.2) is 0 Å². The van der Waals surface area contributed by atoms with Crippen LogP contribution >= 0.6 is 0 Å². The molecule has 3 nitrogen and oxygen atoms in total. The van der Waals surface area contributed by atoms with Gasteiger partial charge in [-0.15, -0.1) is 0 Å². The molecule has 1 heterocycles. The van der Waals surface area contributed by atoms with Gasteiger partial charge in [-0.25, -0.2) is 13.8 Å². The van der Waals surface area contributed by atoms with Gasteiger partial charge in [0.2, 0.25) is 0 Å². The maximum Gasteiger partial charge on any atom is 0.132 e. The van der Waals surface area contributed by atoms with Crippen molar-refractivity contribution in [1.82, 2.24) is 9.55 Å². The van der Waals surface area contributed by atoms with E-state index in [0.717, 1.165) is 43.4 Å². The highest BCUT2D eigenvalue weighted by Gasteiger charge is 2.18. The summed E-state index contributed by atoms with van der Waals surface area (Å²) in [5.41, 5.74) is 6.53. The normalized spacial score (nSPS) is 11.0. The number of hydrogen-bond donors (Lipinski definition) is 1. The zero-order valence-corrected chi connectivity index (χ0v) is 11.8. The topological polar surface area (TPSA) is 43.8 Å². The van der Waals surface area contributed by atoms with E-state index in [9.17, 15) is 8.78 Å². The second kappa shape index (κ2) is 6.03. The number of rotatable bonds is 5. The summed E-state index contributed by atoms with van der Waals surface area (Å²) in [4.78, 5) is 4.38. The van der Waals surface area contributed by atoms with Crippen LogP contribution in [0, 0.1) is 11.6 Å². The van der Waals surface area contributed by atoms with Crippen molar-refractivity contribution >= 4 is 5.82 Å². The molecule has 0 atom stereocenters. The molecule has 1 aromatic heterocycles. The number of nitrogens with two attached hydrogens (primary N) is 1. The number of aryl methyl sites for hydroxylation is 1. The lowest BCUT2D eigenvalue weighted by atomic mass is 10.1. The second-order valence-corrected chi connectivity index (χ2v) is 4.74. The van der Waals surface area contributed by atoms with Crippen molar-refractivity contribution in [1.29, 1.82) is 0 Å². The number of halogens is 2. The quantitative estimate of drug-likeness (QED) is 0.905. The number of nitrogens with zero attached hydrogens (tertiary/aromatic N) is 2. The Morgan fingerprint density at radius 1 is 1.25 bits per heavy atom. The number of aromatic nitrogens is 2. The molecule has 0 fully saturated rings. The predicted octanol–water partition coefficient (Wildman–Crippen LogP) is 3.77. The first kappa shape index (κ1) is 14.5. The monoisotopic (exact) mass is 279 g/mol. The van der Waals surface area contributed by atoms with Crippen molar-refractivity contribution < 1.29 is 8.78 Å². The van der Waals surface area contributed by atoms with Gasteiger partial charge in [-0.3, -0.25) is 0 Å². The Balaban J connectivity index is 2.52. The Labute approximate surface area is 117 Å². The zero-order valence-electron chi connectivity index (χ0n) is 11.8. The van der Waals surface area contributed by atoms with Crippen LogP contribution in [0.5, 0.6) is 0 Å². The zero-order chi connectivity index (χ0) is 14.7. The molecule has 0 amide bonds. The van der Waals surface area contributed by atoms with Gasteiger partial charge in [0.1, 0.15) is 29.0 Å². The molecule has 5 heteroatoms. The number of anilines is 1. The number of imidazole rings is 1. The molecular formula is C15H19F2N3. The first-order valence-electron chi connectivity index (χ1n) is 6.88. The van der Waals surface area contributed by atoms with E-state index in [2.05, 4.69) is 11.9 Å². The molecule has 0 saturated heterocycles. The minimum Gasteiger partial charge on any atom is -0.383 e. The van der Waals surface area contributed by atoms with Crippen LogP contribution in [-0.4, -0.2) is 9.55 Å². The van der Waals surface area contributed by atoms with E-state index < -0.39 is 11.6 Å². The number of unbranched alkanes of at least 4 members (excludes halogenated alkanes) is 1. The molecule has 2 aromatic rings. The van der Waals surface area contributed by atoms with Crippen LogP contribution in [0.4, 0.5) is 14.6 Å². The smallest absolute Gasteiger partial charge is 0.132 e. The highest BCUT2D eigenvalue weighted by atomic mass is 19.1. The summed E-state index contributed by atoms with van der Waals surface area (Å²) in [5.74, 6) is 0.192. The van der Waals surface area contributed by atoms with Crippen LogP contribution < -0.4 is 5.73 Å². The van der Waals surface area contributed by atoms with Crippen LogP contribution in [0.2, 0.25) is 0 Å².